The van der Waals surface area contributed by atoms with Crippen LogP contribution in [0, 0.1) is 5.41 Å². The molecule has 0 aliphatic carbocycles. The summed E-state index contributed by atoms with van der Waals surface area (Å²) in [6.07, 6.45) is 1.18. The predicted molar refractivity (Wildman–Crippen MR) is 64.4 cm³/mol. The van der Waals surface area contributed by atoms with Crippen LogP contribution in [0.4, 0.5) is 0 Å². The van der Waals surface area contributed by atoms with E-state index in [1.165, 1.54) is 6.42 Å². The first-order valence-electron chi connectivity index (χ1n) is 5.53. The minimum absolute atomic E-state index is 0.625. The number of nitrogens with zero attached hydrogens (tertiary/aromatic N) is 1. The normalized spacial score (nSPS) is 24.1. The van der Waals surface area contributed by atoms with Gasteiger partial charge >= 0.3 is 5.97 Å². The Labute approximate surface area is 96.2 Å². The number of aliphatic carboxylic acids is 1. The molecule has 0 amide bonds. The van der Waals surface area contributed by atoms with E-state index >= 15 is 0 Å². The SMILES string of the molecule is CCC1CN(CC(C)(C)C(=O)O)CCS1. The first kappa shape index (κ1) is 12.8. The molecule has 4 heteroatoms. The van der Waals surface area contributed by atoms with Crippen LogP contribution in [0.1, 0.15) is 27.2 Å². The fourth-order valence-corrected chi connectivity index (χ4v) is 3.05. The molecule has 1 rings (SSSR count). The number of hydrogen-bond acceptors (Lipinski definition) is 3. The number of carboxylic acid groups (broad SMARTS) is 1. The Morgan fingerprint density at radius 2 is 2.27 bits per heavy atom. The molecule has 1 N–H and O–H groups in total. The average molecular weight is 231 g/mol. The van der Waals surface area contributed by atoms with Gasteiger partial charge in [0.15, 0.2) is 0 Å². The molecule has 0 saturated carbocycles. The second-order valence-electron chi connectivity index (χ2n) is 4.83. The highest BCUT2D eigenvalue weighted by molar-refractivity contribution is 8.00. The molecule has 0 spiro atoms. The first-order chi connectivity index (χ1) is 6.95. The van der Waals surface area contributed by atoms with Gasteiger partial charge in [0.25, 0.3) is 0 Å². The van der Waals surface area contributed by atoms with Crippen molar-refractivity contribution in [2.75, 3.05) is 25.4 Å². The highest BCUT2D eigenvalue weighted by atomic mass is 32.2. The van der Waals surface area contributed by atoms with Gasteiger partial charge in [0.1, 0.15) is 0 Å². The van der Waals surface area contributed by atoms with E-state index in [-0.39, 0.29) is 0 Å². The van der Waals surface area contributed by atoms with Gasteiger partial charge < -0.3 is 10.0 Å². The maximum Gasteiger partial charge on any atom is 0.310 e. The summed E-state index contributed by atoms with van der Waals surface area (Å²) in [5.41, 5.74) is -0.625. The van der Waals surface area contributed by atoms with E-state index in [4.69, 9.17) is 5.11 Å². The Hall–Kier alpha value is -0.220. The van der Waals surface area contributed by atoms with Gasteiger partial charge in [-0.05, 0) is 20.3 Å². The lowest BCUT2D eigenvalue weighted by molar-refractivity contribution is -0.148. The monoisotopic (exact) mass is 231 g/mol. The summed E-state index contributed by atoms with van der Waals surface area (Å²) in [6.45, 7) is 8.54. The van der Waals surface area contributed by atoms with Crippen molar-refractivity contribution in [1.82, 2.24) is 4.90 Å². The van der Waals surface area contributed by atoms with Gasteiger partial charge in [0, 0.05) is 30.6 Å². The standard InChI is InChI=1S/C11H21NO2S/c1-4-9-7-12(5-6-15-9)8-11(2,3)10(13)14/h9H,4-8H2,1-3H3,(H,13,14). The molecular weight excluding hydrogens is 210 g/mol. The van der Waals surface area contributed by atoms with E-state index in [9.17, 15) is 4.79 Å². The Morgan fingerprint density at radius 3 is 2.80 bits per heavy atom. The van der Waals surface area contributed by atoms with E-state index in [0.717, 1.165) is 18.8 Å². The summed E-state index contributed by atoms with van der Waals surface area (Å²) >= 11 is 2.01. The molecule has 88 valence electrons. The van der Waals surface area contributed by atoms with Crippen LogP contribution in [0.15, 0.2) is 0 Å². The Balaban J connectivity index is 2.47. The van der Waals surface area contributed by atoms with Gasteiger partial charge in [-0.25, -0.2) is 0 Å². The minimum atomic E-state index is -0.700. The molecule has 3 nitrogen and oxygen atoms in total. The smallest absolute Gasteiger partial charge is 0.310 e. The molecule has 0 aromatic heterocycles. The molecule has 1 atom stereocenters. The van der Waals surface area contributed by atoms with Crippen molar-refractivity contribution >= 4 is 17.7 Å². The zero-order valence-corrected chi connectivity index (χ0v) is 10.6. The number of rotatable bonds is 4. The maximum atomic E-state index is 11.0. The third-order valence-electron chi connectivity index (χ3n) is 2.88. The van der Waals surface area contributed by atoms with E-state index in [0.29, 0.717) is 11.8 Å². The number of carboxylic acids is 1. The maximum absolute atomic E-state index is 11.0. The van der Waals surface area contributed by atoms with E-state index in [2.05, 4.69) is 11.8 Å². The van der Waals surface area contributed by atoms with Crippen LogP contribution in [0.25, 0.3) is 0 Å². The van der Waals surface area contributed by atoms with Crippen LogP contribution in [0.5, 0.6) is 0 Å². The van der Waals surface area contributed by atoms with Crippen molar-refractivity contribution in [2.24, 2.45) is 5.41 Å². The largest absolute Gasteiger partial charge is 0.481 e. The summed E-state index contributed by atoms with van der Waals surface area (Å²) in [6, 6.07) is 0. The van der Waals surface area contributed by atoms with Crippen molar-refractivity contribution in [3.8, 4) is 0 Å². The van der Waals surface area contributed by atoms with Gasteiger partial charge in [-0.1, -0.05) is 6.92 Å². The van der Waals surface area contributed by atoms with Crippen LogP contribution in [0.2, 0.25) is 0 Å². The molecule has 1 aliphatic heterocycles. The third kappa shape index (κ3) is 3.68. The lowest BCUT2D eigenvalue weighted by Gasteiger charge is -2.35. The van der Waals surface area contributed by atoms with Crippen LogP contribution in [0.3, 0.4) is 0 Å². The number of thioether (sulfide) groups is 1. The summed E-state index contributed by atoms with van der Waals surface area (Å²) < 4.78 is 0. The molecule has 15 heavy (non-hydrogen) atoms. The quantitative estimate of drug-likeness (QED) is 0.802. The highest BCUT2D eigenvalue weighted by Crippen LogP contribution is 2.24. The molecule has 1 aliphatic rings. The van der Waals surface area contributed by atoms with Crippen molar-refractivity contribution < 1.29 is 9.90 Å². The fourth-order valence-electron chi connectivity index (χ4n) is 1.80. The van der Waals surface area contributed by atoms with E-state index < -0.39 is 11.4 Å². The Morgan fingerprint density at radius 1 is 1.60 bits per heavy atom. The summed E-state index contributed by atoms with van der Waals surface area (Å²) in [4.78, 5) is 13.3. The lowest BCUT2D eigenvalue weighted by atomic mass is 9.93. The zero-order chi connectivity index (χ0) is 11.5. The average Bonchev–Trinajstić information content (AvgIpc) is 2.17. The Kier molecular flexibility index (Phi) is 4.46. The van der Waals surface area contributed by atoms with E-state index in [1.54, 1.807) is 13.8 Å². The minimum Gasteiger partial charge on any atom is -0.481 e. The zero-order valence-electron chi connectivity index (χ0n) is 9.82. The summed E-state index contributed by atoms with van der Waals surface area (Å²) in [7, 11) is 0. The molecule has 1 heterocycles. The Bertz CT molecular complexity index is 231. The summed E-state index contributed by atoms with van der Waals surface area (Å²) in [5, 5.41) is 9.75. The van der Waals surface area contributed by atoms with Gasteiger partial charge in [-0.2, -0.15) is 11.8 Å². The van der Waals surface area contributed by atoms with Gasteiger partial charge in [0.2, 0.25) is 0 Å². The van der Waals surface area contributed by atoms with Gasteiger partial charge in [0.05, 0.1) is 5.41 Å². The molecule has 1 fully saturated rings. The van der Waals surface area contributed by atoms with Crippen molar-refractivity contribution in [2.45, 2.75) is 32.4 Å². The molecule has 0 bridgehead atoms. The second-order valence-corrected chi connectivity index (χ2v) is 6.23. The number of hydrogen-bond donors (Lipinski definition) is 1. The van der Waals surface area contributed by atoms with Crippen LogP contribution >= 0.6 is 11.8 Å². The topological polar surface area (TPSA) is 40.5 Å². The molecule has 0 aromatic carbocycles. The van der Waals surface area contributed by atoms with Crippen LogP contribution in [-0.4, -0.2) is 46.6 Å². The van der Waals surface area contributed by atoms with Crippen molar-refractivity contribution in [1.29, 1.82) is 0 Å². The number of carbonyl (C=O) groups is 1. The van der Waals surface area contributed by atoms with Crippen LogP contribution < -0.4 is 0 Å². The van der Waals surface area contributed by atoms with Gasteiger partial charge in [-0.3, -0.25) is 4.79 Å². The predicted octanol–water partition coefficient (Wildman–Crippen LogP) is 1.92. The molecule has 1 unspecified atom stereocenters. The third-order valence-corrected chi connectivity index (χ3v) is 4.25. The molecule has 0 aromatic rings. The van der Waals surface area contributed by atoms with Gasteiger partial charge in [-0.15, -0.1) is 0 Å². The van der Waals surface area contributed by atoms with Crippen molar-refractivity contribution in [3.05, 3.63) is 0 Å². The van der Waals surface area contributed by atoms with Crippen LogP contribution in [-0.2, 0) is 4.79 Å². The first-order valence-corrected chi connectivity index (χ1v) is 6.58. The van der Waals surface area contributed by atoms with Crippen molar-refractivity contribution in [3.63, 3.8) is 0 Å². The summed E-state index contributed by atoms with van der Waals surface area (Å²) in [5.74, 6) is 0.433. The molecular formula is C11H21NO2S. The fraction of sp³-hybridized carbons (Fsp3) is 0.909. The van der Waals surface area contributed by atoms with E-state index in [1.807, 2.05) is 11.8 Å². The molecule has 0 radical (unpaired) electrons. The second kappa shape index (κ2) is 5.21. The lowest BCUT2D eigenvalue weighted by Crippen LogP contribution is -2.45. The molecule has 1 saturated heterocycles. The highest BCUT2D eigenvalue weighted by Gasteiger charge is 2.31.